The summed E-state index contributed by atoms with van der Waals surface area (Å²) in [6.45, 7) is 1.84. The molecule has 5 atom stereocenters. The molecule has 10 heteroatoms. The lowest BCUT2D eigenvalue weighted by atomic mass is 9.76. The number of fused-ring (bicyclic) bond motifs is 2. The summed E-state index contributed by atoms with van der Waals surface area (Å²) in [4.78, 5) is 42.6. The van der Waals surface area contributed by atoms with Gasteiger partial charge in [-0.05, 0) is 61.9 Å². The quantitative estimate of drug-likeness (QED) is 0.366. The first-order valence-electron chi connectivity index (χ1n) is 14.4. The van der Waals surface area contributed by atoms with E-state index in [9.17, 15) is 24.6 Å². The molecule has 3 N–H and O–H groups in total. The van der Waals surface area contributed by atoms with Crippen molar-refractivity contribution in [1.29, 1.82) is 0 Å². The van der Waals surface area contributed by atoms with Gasteiger partial charge in [0, 0.05) is 11.1 Å². The fourth-order valence-corrected chi connectivity index (χ4v) is 7.00. The van der Waals surface area contributed by atoms with Gasteiger partial charge in [0.25, 0.3) is 17.7 Å². The van der Waals surface area contributed by atoms with Gasteiger partial charge in [-0.3, -0.25) is 14.4 Å². The summed E-state index contributed by atoms with van der Waals surface area (Å²) < 4.78 is 31.7. The molecule has 2 heterocycles. The van der Waals surface area contributed by atoms with Crippen molar-refractivity contribution in [2.24, 2.45) is 0 Å². The van der Waals surface area contributed by atoms with E-state index >= 15 is 8.78 Å². The zero-order chi connectivity index (χ0) is 30.7. The monoisotopic (exact) mass is 589 g/mol. The Balaban J connectivity index is 1.28. The minimum absolute atomic E-state index is 0.0163. The average molecular weight is 590 g/mol. The Morgan fingerprint density at radius 3 is 2.49 bits per heavy atom. The number of nitrogens with one attached hydrogen (secondary N) is 1. The average Bonchev–Trinajstić information content (AvgIpc) is 3.48. The number of nitrogens with zero attached hydrogens (tertiary/aromatic N) is 2. The smallest absolute Gasteiger partial charge is 0.290 e. The van der Waals surface area contributed by atoms with Gasteiger partial charge in [0.15, 0.2) is 6.10 Å². The molecule has 0 aromatic heterocycles. The number of aliphatic hydroxyl groups excluding tert-OH is 1. The largest absolute Gasteiger partial charge is 0.508 e. The first kappa shape index (κ1) is 28.8. The molecule has 1 aliphatic carbocycles. The van der Waals surface area contributed by atoms with E-state index in [1.165, 1.54) is 30.0 Å². The molecule has 2 fully saturated rings. The molecule has 43 heavy (non-hydrogen) atoms. The standard InChI is InChI=1S/C33H33F2N3O5/c1-19-22(13-8-14-26(19)39)29(41)36-24(17-20-9-4-3-5-10-20)27(40)30(42)37-18-33(34,35)32(2)28(37)31(43)38(32)25-16-15-21-11-6-7-12-23(21)25/h3-14,24-25,27-28,39-40H,15-18H2,1-2H3,(H,36,41)/t24-,25-,27-,28+,32?/m0/s1. The Kier molecular flexibility index (Phi) is 7.00. The number of rotatable bonds is 7. The van der Waals surface area contributed by atoms with Crippen molar-refractivity contribution in [2.45, 2.75) is 68.8 Å². The summed E-state index contributed by atoms with van der Waals surface area (Å²) in [6.07, 6.45) is -0.728. The molecule has 2 saturated heterocycles. The molecule has 1 unspecified atom stereocenters. The number of aryl methyl sites for hydroxylation is 1. The maximum atomic E-state index is 15.8. The van der Waals surface area contributed by atoms with Gasteiger partial charge in [0.2, 0.25) is 5.91 Å². The Bertz CT molecular complexity index is 1600. The van der Waals surface area contributed by atoms with Crippen molar-refractivity contribution in [1.82, 2.24) is 15.1 Å². The van der Waals surface area contributed by atoms with E-state index in [2.05, 4.69) is 5.32 Å². The molecule has 224 valence electrons. The molecule has 0 saturated carbocycles. The van der Waals surface area contributed by atoms with Gasteiger partial charge < -0.3 is 25.3 Å². The van der Waals surface area contributed by atoms with Crippen LogP contribution in [0.3, 0.4) is 0 Å². The van der Waals surface area contributed by atoms with Crippen LogP contribution in [0.5, 0.6) is 5.75 Å². The molecule has 3 amide bonds. The van der Waals surface area contributed by atoms with Gasteiger partial charge in [0.05, 0.1) is 18.6 Å². The minimum atomic E-state index is -3.44. The van der Waals surface area contributed by atoms with Crippen LogP contribution in [0.1, 0.15) is 52.0 Å². The van der Waals surface area contributed by atoms with Crippen molar-refractivity contribution in [3.8, 4) is 5.75 Å². The zero-order valence-electron chi connectivity index (χ0n) is 23.8. The first-order chi connectivity index (χ1) is 20.5. The van der Waals surface area contributed by atoms with Crippen LogP contribution >= 0.6 is 0 Å². The number of hydrogen-bond acceptors (Lipinski definition) is 5. The number of β-lactam (4-membered cyclic amide) rings is 1. The Morgan fingerprint density at radius 2 is 1.74 bits per heavy atom. The van der Waals surface area contributed by atoms with Crippen molar-refractivity contribution in [3.63, 3.8) is 0 Å². The summed E-state index contributed by atoms with van der Waals surface area (Å²) >= 11 is 0. The minimum Gasteiger partial charge on any atom is -0.508 e. The second-order valence-corrected chi connectivity index (χ2v) is 11.8. The van der Waals surface area contributed by atoms with Crippen molar-refractivity contribution in [3.05, 3.63) is 101 Å². The van der Waals surface area contributed by atoms with Crippen molar-refractivity contribution >= 4 is 17.7 Å². The fraction of sp³-hybridized carbons (Fsp3) is 0.364. The predicted octanol–water partition coefficient (Wildman–Crippen LogP) is 3.54. The van der Waals surface area contributed by atoms with Crippen molar-refractivity contribution in [2.75, 3.05) is 6.54 Å². The van der Waals surface area contributed by atoms with Crippen LogP contribution in [0, 0.1) is 6.92 Å². The van der Waals surface area contributed by atoms with E-state index in [1.54, 1.807) is 37.3 Å². The second-order valence-electron chi connectivity index (χ2n) is 11.8. The topological polar surface area (TPSA) is 110 Å². The number of halogens is 2. The first-order valence-corrected chi connectivity index (χ1v) is 14.4. The molecule has 0 spiro atoms. The van der Waals surface area contributed by atoms with E-state index in [1.807, 2.05) is 24.3 Å². The summed E-state index contributed by atoms with van der Waals surface area (Å²) in [5.74, 6) is -5.82. The van der Waals surface area contributed by atoms with Crippen LogP contribution in [0.2, 0.25) is 0 Å². The van der Waals surface area contributed by atoms with E-state index < -0.39 is 60.0 Å². The Hall–Kier alpha value is -4.31. The number of amides is 3. The summed E-state index contributed by atoms with van der Waals surface area (Å²) in [7, 11) is 0. The highest BCUT2D eigenvalue weighted by atomic mass is 19.3. The van der Waals surface area contributed by atoms with Gasteiger partial charge >= 0.3 is 0 Å². The number of benzene rings is 3. The highest BCUT2D eigenvalue weighted by Gasteiger charge is 2.78. The number of phenolic OH excluding ortho intramolecular Hbond substituents is 1. The third kappa shape index (κ3) is 4.47. The number of carbonyl (C=O) groups excluding carboxylic acids is 3. The van der Waals surface area contributed by atoms with Gasteiger partial charge in [-0.25, -0.2) is 8.78 Å². The third-order valence-electron chi connectivity index (χ3n) is 9.42. The number of hydrogen-bond donors (Lipinski definition) is 3. The van der Waals surface area contributed by atoms with E-state index in [4.69, 9.17) is 0 Å². The summed E-state index contributed by atoms with van der Waals surface area (Å²) in [5, 5.41) is 24.1. The molecule has 6 rings (SSSR count). The number of aliphatic hydroxyl groups is 1. The number of carbonyl (C=O) groups is 3. The molecule has 3 aromatic carbocycles. The predicted molar refractivity (Wildman–Crippen MR) is 153 cm³/mol. The summed E-state index contributed by atoms with van der Waals surface area (Å²) in [5.41, 5.74) is 1.04. The molecule has 3 aromatic rings. The Labute approximate surface area is 247 Å². The van der Waals surface area contributed by atoms with Crippen LogP contribution in [-0.4, -0.2) is 73.9 Å². The van der Waals surface area contributed by atoms with Gasteiger partial charge in [-0.2, -0.15) is 0 Å². The van der Waals surface area contributed by atoms with Gasteiger partial charge in [0.1, 0.15) is 17.3 Å². The van der Waals surface area contributed by atoms with Gasteiger partial charge in [-0.1, -0.05) is 60.7 Å². The van der Waals surface area contributed by atoms with Crippen molar-refractivity contribution < 1.29 is 33.4 Å². The number of likely N-dealkylation sites (tertiary alicyclic amines) is 2. The number of phenols is 1. The van der Waals surface area contributed by atoms with Crippen LogP contribution in [0.4, 0.5) is 8.78 Å². The number of alkyl halides is 2. The highest BCUT2D eigenvalue weighted by molar-refractivity contribution is 5.99. The van der Waals surface area contributed by atoms with Crippen LogP contribution in [0.15, 0.2) is 72.8 Å². The molecule has 0 radical (unpaired) electrons. The van der Waals surface area contributed by atoms with Crippen LogP contribution in [-0.2, 0) is 22.4 Å². The maximum absolute atomic E-state index is 15.8. The summed E-state index contributed by atoms with van der Waals surface area (Å²) in [6, 6.07) is 17.5. The lowest BCUT2D eigenvalue weighted by molar-refractivity contribution is -0.199. The van der Waals surface area contributed by atoms with E-state index in [-0.39, 0.29) is 17.7 Å². The molecule has 2 aliphatic heterocycles. The number of aromatic hydroxyl groups is 1. The lowest BCUT2D eigenvalue weighted by Crippen LogP contribution is -2.78. The van der Waals surface area contributed by atoms with Gasteiger partial charge in [-0.15, -0.1) is 0 Å². The van der Waals surface area contributed by atoms with E-state index in [0.717, 1.165) is 16.0 Å². The SMILES string of the molecule is Cc1c(O)cccc1C(=O)N[C@@H](Cc1ccccc1)[C@H](O)C(=O)N1CC(F)(F)C2(C)[C@H]1C(=O)N2[C@H]1CCc2ccccc21. The lowest BCUT2D eigenvalue weighted by Gasteiger charge is -2.57. The molecule has 8 nitrogen and oxygen atoms in total. The van der Waals surface area contributed by atoms with Crippen LogP contribution < -0.4 is 5.32 Å². The van der Waals surface area contributed by atoms with Crippen LogP contribution in [0.25, 0.3) is 0 Å². The second kappa shape index (κ2) is 10.4. The zero-order valence-corrected chi connectivity index (χ0v) is 23.8. The normalized spacial score (nSPS) is 25.0. The fourth-order valence-electron chi connectivity index (χ4n) is 7.00. The Morgan fingerprint density at radius 1 is 1.05 bits per heavy atom. The molecular formula is C33H33F2N3O5. The molecule has 3 aliphatic rings. The maximum Gasteiger partial charge on any atom is 0.290 e. The molecular weight excluding hydrogens is 556 g/mol. The third-order valence-corrected chi connectivity index (χ3v) is 9.42. The molecule has 0 bridgehead atoms. The van der Waals surface area contributed by atoms with E-state index in [0.29, 0.717) is 24.0 Å². The highest BCUT2D eigenvalue weighted by Crippen LogP contribution is 2.57.